The number of carbonyl (C=O) groups is 2. The van der Waals surface area contributed by atoms with Gasteiger partial charge in [0.05, 0.1) is 5.56 Å². The highest BCUT2D eigenvalue weighted by Crippen LogP contribution is 2.22. The van der Waals surface area contributed by atoms with Crippen LogP contribution in [0.5, 0.6) is 0 Å². The molecule has 4 nitrogen and oxygen atoms in total. The van der Waals surface area contributed by atoms with Crippen molar-refractivity contribution in [1.29, 1.82) is 0 Å². The first-order chi connectivity index (χ1) is 9.54. The van der Waals surface area contributed by atoms with Crippen LogP contribution in [0.2, 0.25) is 0 Å². The second-order valence-electron chi connectivity index (χ2n) is 5.49. The lowest BCUT2D eigenvalue weighted by Gasteiger charge is -2.31. The Morgan fingerprint density at radius 3 is 2.65 bits per heavy atom. The van der Waals surface area contributed by atoms with Gasteiger partial charge in [-0.3, -0.25) is 4.79 Å². The highest BCUT2D eigenvalue weighted by atomic mass is 16.4. The normalized spacial score (nSPS) is 18.9. The Labute approximate surface area is 119 Å². The van der Waals surface area contributed by atoms with Crippen molar-refractivity contribution in [2.45, 2.75) is 33.1 Å². The molecule has 20 heavy (non-hydrogen) atoms. The molecule has 1 aliphatic rings. The van der Waals surface area contributed by atoms with Gasteiger partial charge in [-0.05, 0) is 42.9 Å². The van der Waals surface area contributed by atoms with Crippen LogP contribution in [0, 0.1) is 5.92 Å². The van der Waals surface area contributed by atoms with E-state index < -0.39 is 5.97 Å². The third-order valence-corrected chi connectivity index (χ3v) is 3.93. The largest absolute Gasteiger partial charge is 0.478 e. The van der Waals surface area contributed by atoms with E-state index in [1.54, 1.807) is 18.2 Å². The molecule has 1 heterocycles. The highest BCUT2D eigenvalue weighted by molar-refractivity contribution is 6.00. The second-order valence-corrected chi connectivity index (χ2v) is 5.49. The van der Waals surface area contributed by atoms with E-state index in [4.69, 9.17) is 0 Å². The molecule has 1 amide bonds. The van der Waals surface area contributed by atoms with E-state index in [9.17, 15) is 14.7 Å². The van der Waals surface area contributed by atoms with E-state index in [0.29, 0.717) is 23.5 Å². The average Bonchev–Trinajstić information content (AvgIpc) is 2.45. The topological polar surface area (TPSA) is 57.6 Å². The third kappa shape index (κ3) is 2.84. The predicted molar refractivity (Wildman–Crippen MR) is 77.1 cm³/mol. The molecule has 0 bridgehead atoms. The lowest BCUT2D eigenvalue weighted by Crippen LogP contribution is -2.39. The summed E-state index contributed by atoms with van der Waals surface area (Å²) >= 11 is 0. The number of amides is 1. The first-order valence-corrected chi connectivity index (χ1v) is 7.19. The molecule has 0 saturated carbocycles. The van der Waals surface area contributed by atoms with Crippen LogP contribution in [-0.2, 0) is 6.42 Å². The molecule has 1 fully saturated rings. The van der Waals surface area contributed by atoms with Crippen LogP contribution in [0.25, 0.3) is 0 Å². The number of benzene rings is 1. The quantitative estimate of drug-likeness (QED) is 0.922. The first kappa shape index (κ1) is 14.6. The van der Waals surface area contributed by atoms with E-state index in [0.717, 1.165) is 25.9 Å². The van der Waals surface area contributed by atoms with E-state index >= 15 is 0 Å². The number of nitrogens with zero attached hydrogens (tertiary/aromatic N) is 1. The second kappa shape index (κ2) is 6.07. The summed E-state index contributed by atoms with van der Waals surface area (Å²) < 4.78 is 0. The number of carboxylic acid groups (broad SMARTS) is 1. The third-order valence-electron chi connectivity index (χ3n) is 3.93. The molecule has 1 aliphatic heterocycles. The minimum Gasteiger partial charge on any atom is -0.478 e. The van der Waals surface area contributed by atoms with E-state index in [2.05, 4.69) is 6.92 Å². The van der Waals surface area contributed by atoms with Crippen LogP contribution in [-0.4, -0.2) is 35.0 Å². The Hall–Kier alpha value is -1.84. The molecule has 2 rings (SSSR count). The van der Waals surface area contributed by atoms with Gasteiger partial charge in [0.25, 0.3) is 5.91 Å². The van der Waals surface area contributed by atoms with Gasteiger partial charge in [0.2, 0.25) is 0 Å². The number of likely N-dealkylation sites (tertiary alicyclic amines) is 1. The van der Waals surface area contributed by atoms with E-state index in [1.807, 2.05) is 11.8 Å². The Kier molecular flexibility index (Phi) is 4.42. The van der Waals surface area contributed by atoms with Crippen LogP contribution in [0.1, 0.15) is 53.0 Å². The zero-order valence-corrected chi connectivity index (χ0v) is 12.1. The summed E-state index contributed by atoms with van der Waals surface area (Å²) in [5.74, 6) is -0.486. The van der Waals surface area contributed by atoms with Gasteiger partial charge in [-0.25, -0.2) is 4.79 Å². The van der Waals surface area contributed by atoms with Crippen LogP contribution in [0.3, 0.4) is 0 Å². The Morgan fingerprint density at radius 1 is 1.35 bits per heavy atom. The van der Waals surface area contributed by atoms with Crippen molar-refractivity contribution < 1.29 is 14.7 Å². The summed E-state index contributed by atoms with van der Waals surface area (Å²) in [7, 11) is 0. The summed E-state index contributed by atoms with van der Waals surface area (Å²) in [6.07, 6.45) is 2.72. The lowest BCUT2D eigenvalue weighted by molar-refractivity contribution is 0.0681. The summed E-state index contributed by atoms with van der Waals surface area (Å²) in [4.78, 5) is 25.7. The standard InChI is InChI=1S/C16H21NO3/c1-3-12-13(7-4-8-14(12)16(19)20)15(18)17-9-5-6-11(2)10-17/h4,7-8,11H,3,5-6,9-10H2,1-2H3,(H,19,20). The van der Waals surface area contributed by atoms with Crippen molar-refractivity contribution in [3.05, 3.63) is 34.9 Å². The van der Waals surface area contributed by atoms with Gasteiger partial charge in [0.15, 0.2) is 0 Å². The summed E-state index contributed by atoms with van der Waals surface area (Å²) in [5, 5.41) is 9.23. The molecule has 1 aromatic rings. The van der Waals surface area contributed by atoms with Gasteiger partial charge in [0, 0.05) is 18.7 Å². The monoisotopic (exact) mass is 275 g/mol. The van der Waals surface area contributed by atoms with Gasteiger partial charge < -0.3 is 10.0 Å². The van der Waals surface area contributed by atoms with E-state index in [-0.39, 0.29) is 11.5 Å². The minimum absolute atomic E-state index is 0.0310. The molecule has 0 aliphatic carbocycles. The summed E-state index contributed by atoms with van der Waals surface area (Å²) in [6.45, 7) is 5.56. The van der Waals surface area contributed by atoms with Crippen LogP contribution < -0.4 is 0 Å². The molecule has 4 heteroatoms. The fraction of sp³-hybridized carbons (Fsp3) is 0.500. The fourth-order valence-corrected chi connectivity index (χ4v) is 2.91. The maximum absolute atomic E-state index is 12.6. The SMILES string of the molecule is CCc1c(C(=O)O)cccc1C(=O)N1CCCC(C)C1. The van der Waals surface area contributed by atoms with Gasteiger partial charge in [-0.1, -0.05) is 19.9 Å². The zero-order valence-electron chi connectivity index (χ0n) is 12.1. The average molecular weight is 275 g/mol. The molecule has 0 aromatic heterocycles. The number of aromatic carboxylic acids is 1. The molecule has 1 saturated heterocycles. The molecule has 1 aromatic carbocycles. The van der Waals surface area contributed by atoms with Crippen molar-refractivity contribution in [1.82, 2.24) is 4.90 Å². The van der Waals surface area contributed by atoms with E-state index in [1.165, 1.54) is 0 Å². The number of hydrogen-bond acceptors (Lipinski definition) is 2. The summed E-state index contributed by atoms with van der Waals surface area (Å²) in [6, 6.07) is 4.97. The first-order valence-electron chi connectivity index (χ1n) is 7.19. The van der Waals surface area contributed by atoms with Crippen molar-refractivity contribution >= 4 is 11.9 Å². The Bertz CT molecular complexity index is 524. The number of carbonyl (C=O) groups excluding carboxylic acids is 1. The van der Waals surface area contributed by atoms with Crippen molar-refractivity contribution in [2.24, 2.45) is 5.92 Å². The Balaban J connectivity index is 2.34. The smallest absolute Gasteiger partial charge is 0.335 e. The van der Waals surface area contributed by atoms with Crippen molar-refractivity contribution in [2.75, 3.05) is 13.1 Å². The predicted octanol–water partition coefficient (Wildman–Crippen LogP) is 2.82. The molecule has 0 spiro atoms. The number of piperidine rings is 1. The maximum atomic E-state index is 12.6. The maximum Gasteiger partial charge on any atom is 0.335 e. The van der Waals surface area contributed by atoms with Gasteiger partial charge >= 0.3 is 5.97 Å². The van der Waals surface area contributed by atoms with Crippen molar-refractivity contribution in [3.8, 4) is 0 Å². The lowest BCUT2D eigenvalue weighted by atomic mass is 9.95. The molecule has 0 radical (unpaired) electrons. The van der Waals surface area contributed by atoms with Gasteiger partial charge in [0.1, 0.15) is 0 Å². The Morgan fingerprint density at radius 2 is 2.05 bits per heavy atom. The molecule has 1 atom stereocenters. The number of hydrogen-bond donors (Lipinski definition) is 1. The fourth-order valence-electron chi connectivity index (χ4n) is 2.91. The van der Waals surface area contributed by atoms with Gasteiger partial charge in [-0.15, -0.1) is 0 Å². The molecule has 1 unspecified atom stereocenters. The summed E-state index contributed by atoms with van der Waals surface area (Å²) in [5.41, 5.74) is 1.42. The molecule has 108 valence electrons. The van der Waals surface area contributed by atoms with Crippen LogP contribution in [0.4, 0.5) is 0 Å². The van der Waals surface area contributed by atoms with Crippen LogP contribution >= 0.6 is 0 Å². The molecular weight excluding hydrogens is 254 g/mol. The minimum atomic E-state index is -0.969. The molecule has 1 N–H and O–H groups in total. The zero-order chi connectivity index (χ0) is 14.7. The number of rotatable bonds is 3. The molecular formula is C16H21NO3. The number of carboxylic acids is 1. The van der Waals surface area contributed by atoms with Crippen molar-refractivity contribution in [3.63, 3.8) is 0 Å². The highest BCUT2D eigenvalue weighted by Gasteiger charge is 2.25. The van der Waals surface area contributed by atoms with Gasteiger partial charge in [-0.2, -0.15) is 0 Å². The van der Waals surface area contributed by atoms with Crippen LogP contribution in [0.15, 0.2) is 18.2 Å².